The predicted octanol–water partition coefficient (Wildman–Crippen LogP) is 1.58. The van der Waals surface area contributed by atoms with Crippen molar-refractivity contribution < 1.29 is 32.2 Å². The van der Waals surface area contributed by atoms with E-state index in [-0.39, 0.29) is 42.6 Å². The van der Waals surface area contributed by atoms with Crippen LogP contribution in [0.15, 0.2) is 53.4 Å². The molecule has 10 nitrogen and oxygen atoms in total. The molecular formula is C21H25N3O7S. The molecule has 0 atom stereocenters. The van der Waals surface area contributed by atoms with Gasteiger partial charge in [0, 0.05) is 18.8 Å². The van der Waals surface area contributed by atoms with Crippen LogP contribution in [0.5, 0.6) is 5.75 Å². The summed E-state index contributed by atoms with van der Waals surface area (Å²) >= 11 is 0. The minimum absolute atomic E-state index is 0.0602. The molecule has 3 rings (SSSR count). The molecule has 0 aliphatic carbocycles. The van der Waals surface area contributed by atoms with Crippen LogP contribution < -0.4 is 15.4 Å². The fourth-order valence-corrected chi connectivity index (χ4v) is 4.60. The van der Waals surface area contributed by atoms with E-state index < -0.39 is 22.0 Å². The fourth-order valence-electron chi connectivity index (χ4n) is 3.01. The molecule has 0 unspecified atom stereocenters. The van der Waals surface area contributed by atoms with Gasteiger partial charge in [-0.2, -0.15) is 4.31 Å². The van der Waals surface area contributed by atoms with E-state index in [0.29, 0.717) is 13.2 Å². The molecule has 0 bridgehead atoms. The molecule has 1 aliphatic heterocycles. The van der Waals surface area contributed by atoms with Crippen molar-refractivity contribution in [3.63, 3.8) is 0 Å². The van der Waals surface area contributed by atoms with E-state index in [9.17, 15) is 18.0 Å². The van der Waals surface area contributed by atoms with E-state index in [1.807, 2.05) is 30.3 Å². The molecule has 0 spiro atoms. The Bertz CT molecular complexity index is 1040. The van der Waals surface area contributed by atoms with Gasteiger partial charge in [0.1, 0.15) is 23.8 Å². The summed E-state index contributed by atoms with van der Waals surface area (Å²) in [7, 11) is -2.46. The fraction of sp³-hybridized carbons (Fsp3) is 0.333. The lowest BCUT2D eigenvalue weighted by Gasteiger charge is -2.26. The smallest absolute Gasteiger partial charge is 0.407 e. The van der Waals surface area contributed by atoms with Crippen molar-refractivity contribution in [2.45, 2.75) is 11.5 Å². The number of anilines is 1. The Morgan fingerprint density at radius 2 is 1.81 bits per heavy atom. The highest BCUT2D eigenvalue weighted by atomic mass is 32.2. The van der Waals surface area contributed by atoms with Crippen LogP contribution in [0.25, 0.3) is 0 Å². The maximum atomic E-state index is 13.0. The first-order valence-electron chi connectivity index (χ1n) is 9.90. The number of alkyl carbamates (subject to hydrolysis) is 1. The van der Waals surface area contributed by atoms with Gasteiger partial charge >= 0.3 is 6.09 Å². The maximum absolute atomic E-state index is 13.0. The number of benzene rings is 2. The topological polar surface area (TPSA) is 123 Å². The highest BCUT2D eigenvalue weighted by Crippen LogP contribution is 2.30. The number of amides is 2. The van der Waals surface area contributed by atoms with Crippen molar-refractivity contribution in [1.29, 1.82) is 0 Å². The Morgan fingerprint density at radius 3 is 2.50 bits per heavy atom. The molecule has 1 heterocycles. The van der Waals surface area contributed by atoms with Crippen LogP contribution in [0.1, 0.15) is 5.56 Å². The molecule has 1 fully saturated rings. The average molecular weight is 464 g/mol. The molecule has 1 saturated heterocycles. The second-order valence-corrected chi connectivity index (χ2v) is 8.75. The number of hydrogen-bond donors (Lipinski definition) is 2. The summed E-state index contributed by atoms with van der Waals surface area (Å²) in [6, 6.07) is 13.4. The van der Waals surface area contributed by atoms with Gasteiger partial charge in [0.2, 0.25) is 15.9 Å². The predicted molar refractivity (Wildman–Crippen MR) is 116 cm³/mol. The van der Waals surface area contributed by atoms with Gasteiger partial charge in [-0.15, -0.1) is 0 Å². The summed E-state index contributed by atoms with van der Waals surface area (Å²) in [4.78, 5) is 24.0. The minimum atomic E-state index is -3.84. The number of sulfonamides is 1. The van der Waals surface area contributed by atoms with E-state index >= 15 is 0 Å². The lowest BCUT2D eigenvalue weighted by Crippen LogP contribution is -2.40. The Balaban J connectivity index is 1.58. The van der Waals surface area contributed by atoms with E-state index in [1.165, 1.54) is 29.6 Å². The summed E-state index contributed by atoms with van der Waals surface area (Å²) in [5.41, 5.74) is 1.07. The molecule has 0 saturated carbocycles. The summed E-state index contributed by atoms with van der Waals surface area (Å²) in [6.07, 6.45) is -0.741. The second kappa shape index (κ2) is 10.9. The molecule has 32 heavy (non-hydrogen) atoms. The maximum Gasteiger partial charge on any atom is 0.407 e. The highest BCUT2D eigenvalue weighted by Gasteiger charge is 2.29. The molecule has 2 aromatic rings. The minimum Gasteiger partial charge on any atom is -0.495 e. The van der Waals surface area contributed by atoms with Crippen molar-refractivity contribution in [1.82, 2.24) is 9.62 Å². The summed E-state index contributed by atoms with van der Waals surface area (Å²) in [5.74, 6) is -0.376. The quantitative estimate of drug-likeness (QED) is 0.609. The number of ether oxygens (including phenoxy) is 3. The Hall–Kier alpha value is -3.15. The molecule has 1 aliphatic rings. The SMILES string of the molecule is COc1ccc(NC(=O)CNC(=O)OCc2ccccc2)cc1S(=O)(=O)N1CCOCC1. The molecule has 11 heteroatoms. The summed E-state index contributed by atoms with van der Waals surface area (Å²) in [6.45, 7) is 0.822. The molecule has 2 aromatic carbocycles. The summed E-state index contributed by atoms with van der Waals surface area (Å²) < 4.78 is 42.8. The number of nitrogens with one attached hydrogen (secondary N) is 2. The van der Waals surface area contributed by atoms with Gasteiger partial charge in [-0.3, -0.25) is 4.79 Å². The second-order valence-electron chi connectivity index (χ2n) is 6.85. The van der Waals surface area contributed by atoms with Crippen molar-refractivity contribution in [2.24, 2.45) is 0 Å². The number of hydrogen-bond acceptors (Lipinski definition) is 7. The van der Waals surface area contributed by atoms with Gasteiger partial charge in [-0.25, -0.2) is 13.2 Å². The van der Waals surface area contributed by atoms with Gasteiger partial charge < -0.3 is 24.8 Å². The van der Waals surface area contributed by atoms with Crippen molar-refractivity contribution >= 4 is 27.7 Å². The first-order chi connectivity index (χ1) is 15.4. The number of methoxy groups -OCH3 is 1. The van der Waals surface area contributed by atoms with E-state index in [2.05, 4.69) is 10.6 Å². The number of carbonyl (C=O) groups excluding carboxylic acids is 2. The van der Waals surface area contributed by atoms with Gasteiger partial charge in [-0.1, -0.05) is 30.3 Å². The van der Waals surface area contributed by atoms with Gasteiger partial charge in [0.25, 0.3) is 0 Å². The van der Waals surface area contributed by atoms with Crippen LogP contribution in [-0.2, 0) is 30.9 Å². The average Bonchev–Trinajstić information content (AvgIpc) is 2.82. The summed E-state index contributed by atoms with van der Waals surface area (Å²) in [5, 5.41) is 4.92. The molecule has 0 radical (unpaired) electrons. The van der Waals surface area contributed by atoms with Crippen LogP contribution in [0.4, 0.5) is 10.5 Å². The lowest BCUT2D eigenvalue weighted by atomic mass is 10.2. The number of carbonyl (C=O) groups is 2. The number of morpholine rings is 1. The Labute approximate surface area is 186 Å². The largest absolute Gasteiger partial charge is 0.495 e. The van der Waals surface area contributed by atoms with Crippen LogP contribution in [-0.4, -0.2) is 64.7 Å². The Morgan fingerprint density at radius 1 is 1.09 bits per heavy atom. The van der Waals surface area contributed by atoms with Gasteiger partial charge in [0.05, 0.1) is 20.3 Å². The van der Waals surface area contributed by atoms with Crippen LogP contribution in [0.2, 0.25) is 0 Å². The lowest BCUT2D eigenvalue weighted by molar-refractivity contribution is -0.115. The monoisotopic (exact) mass is 463 g/mol. The van der Waals surface area contributed by atoms with Crippen molar-refractivity contribution in [2.75, 3.05) is 45.3 Å². The molecule has 0 aromatic heterocycles. The number of rotatable bonds is 8. The molecule has 172 valence electrons. The van der Waals surface area contributed by atoms with Crippen LogP contribution >= 0.6 is 0 Å². The zero-order chi connectivity index (χ0) is 23.0. The van der Waals surface area contributed by atoms with Crippen LogP contribution in [0, 0.1) is 0 Å². The first kappa shape index (κ1) is 23.5. The highest BCUT2D eigenvalue weighted by molar-refractivity contribution is 7.89. The normalized spacial score (nSPS) is 14.4. The van der Waals surface area contributed by atoms with Crippen molar-refractivity contribution in [3.05, 3.63) is 54.1 Å². The van der Waals surface area contributed by atoms with E-state index in [4.69, 9.17) is 14.2 Å². The third-order valence-electron chi connectivity index (χ3n) is 4.64. The van der Waals surface area contributed by atoms with E-state index in [1.54, 1.807) is 0 Å². The van der Waals surface area contributed by atoms with Gasteiger partial charge in [-0.05, 0) is 23.8 Å². The zero-order valence-corrected chi connectivity index (χ0v) is 18.4. The molecule has 2 amide bonds. The van der Waals surface area contributed by atoms with Crippen LogP contribution in [0.3, 0.4) is 0 Å². The van der Waals surface area contributed by atoms with E-state index in [0.717, 1.165) is 5.56 Å². The van der Waals surface area contributed by atoms with Gasteiger partial charge in [0.15, 0.2) is 0 Å². The zero-order valence-electron chi connectivity index (χ0n) is 17.6. The first-order valence-corrected chi connectivity index (χ1v) is 11.3. The molecular weight excluding hydrogens is 438 g/mol. The van der Waals surface area contributed by atoms with Crippen molar-refractivity contribution in [3.8, 4) is 5.75 Å². The third-order valence-corrected chi connectivity index (χ3v) is 6.56. The molecule has 2 N–H and O–H groups in total. The Kier molecular flexibility index (Phi) is 8.03. The third kappa shape index (κ3) is 6.19. The number of nitrogens with zero attached hydrogens (tertiary/aromatic N) is 1. The standard InChI is InChI=1S/C21H25N3O7S/c1-29-18-8-7-17(13-19(18)32(27,28)24-9-11-30-12-10-24)23-20(25)14-22-21(26)31-15-16-5-3-2-4-6-16/h2-8,13H,9-12,14-15H2,1H3,(H,22,26)(H,23,25).